The van der Waals surface area contributed by atoms with Crippen molar-refractivity contribution in [3.8, 4) is 5.75 Å². The lowest BCUT2D eigenvalue weighted by atomic mass is 10.1. The van der Waals surface area contributed by atoms with Crippen LogP contribution in [-0.2, 0) is 6.54 Å². The Labute approximate surface area is 110 Å². The molecule has 2 rings (SSSR count). The van der Waals surface area contributed by atoms with Crippen LogP contribution >= 0.6 is 0 Å². The Morgan fingerprint density at radius 3 is 2.53 bits per heavy atom. The Hall–Kier alpha value is -2.56. The first-order valence-electron chi connectivity index (χ1n) is 5.82. The zero-order valence-electron chi connectivity index (χ0n) is 10.5. The second-order valence-electron chi connectivity index (χ2n) is 4.33. The van der Waals surface area contributed by atoms with Gasteiger partial charge in [-0.05, 0) is 36.2 Å². The van der Waals surface area contributed by atoms with Gasteiger partial charge in [0.25, 0.3) is 5.69 Å². The van der Waals surface area contributed by atoms with Gasteiger partial charge in [0.15, 0.2) is 0 Å². The molecule has 19 heavy (non-hydrogen) atoms. The second kappa shape index (κ2) is 5.39. The van der Waals surface area contributed by atoms with E-state index in [2.05, 4.69) is 5.32 Å². The standard InChI is InChI=1S/C14H14N2O3/c1-10-6-12(8-13(7-10)16(18)19)15-9-11-2-4-14(17)5-3-11/h2-8,15,17H,9H2,1H3. The van der Waals surface area contributed by atoms with Crippen molar-refractivity contribution in [1.29, 1.82) is 0 Å². The second-order valence-corrected chi connectivity index (χ2v) is 4.33. The molecule has 0 atom stereocenters. The highest BCUT2D eigenvalue weighted by atomic mass is 16.6. The summed E-state index contributed by atoms with van der Waals surface area (Å²) in [7, 11) is 0. The molecule has 0 bridgehead atoms. The van der Waals surface area contributed by atoms with E-state index in [1.54, 1.807) is 24.3 Å². The number of nitrogens with zero attached hydrogens (tertiary/aromatic N) is 1. The molecule has 0 spiro atoms. The lowest BCUT2D eigenvalue weighted by molar-refractivity contribution is -0.384. The van der Waals surface area contributed by atoms with Gasteiger partial charge in [-0.15, -0.1) is 0 Å². The smallest absolute Gasteiger partial charge is 0.271 e. The minimum atomic E-state index is -0.404. The van der Waals surface area contributed by atoms with Crippen LogP contribution in [0.2, 0.25) is 0 Å². The SMILES string of the molecule is Cc1cc(NCc2ccc(O)cc2)cc([N+](=O)[O-])c1. The van der Waals surface area contributed by atoms with Gasteiger partial charge in [-0.25, -0.2) is 0 Å². The topological polar surface area (TPSA) is 75.4 Å². The number of nitro groups is 1. The summed E-state index contributed by atoms with van der Waals surface area (Å²) < 4.78 is 0. The molecule has 5 heteroatoms. The third-order valence-corrected chi connectivity index (χ3v) is 2.71. The maximum absolute atomic E-state index is 10.8. The predicted octanol–water partition coefficient (Wildman–Crippen LogP) is 3.22. The number of anilines is 1. The Bertz CT molecular complexity index is 594. The number of non-ortho nitro benzene ring substituents is 1. The highest BCUT2D eigenvalue weighted by Gasteiger charge is 2.07. The Balaban J connectivity index is 2.11. The molecule has 0 aliphatic carbocycles. The first-order valence-corrected chi connectivity index (χ1v) is 5.82. The van der Waals surface area contributed by atoms with E-state index >= 15 is 0 Å². The highest BCUT2D eigenvalue weighted by molar-refractivity contribution is 5.54. The zero-order valence-corrected chi connectivity index (χ0v) is 10.5. The fourth-order valence-electron chi connectivity index (χ4n) is 1.79. The van der Waals surface area contributed by atoms with Gasteiger partial charge in [-0.2, -0.15) is 0 Å². The van der Waals surface area contributed by atoms with Gasteiger partial charge in [0.05, 0.1) is 4.92 Å². The maximum atomic E-state index is 10.8. The molecule has 0 aliphatic heterocycles. The van der Waals surface area contributed by atoms with Crippen LogP contribution in [-0.4, -0.2) is 10.0 Å². The number of benzene rings is 2. The summed E-state index contributed by atoms with van der Waals surface area (Å²) in [4.78, 5) is 10.4. The van der Waals surface area contributed by atoms with Gasteiger partial charge in [0.2, 0.25) is 0 Å². The number of hydrogen-bond acceptors (Lipinski definition) is 4. The fraction of sp³-hybridized carbons (Fsp3) is 0.143. The normalized spacial score (nSPS) is 10.2. The molecular weight excluding hydrogens is 244 g/mol. The average Bonchev–Trinajstić information content (AvgIpc) is 2.37. The van der Waals surface area contributed by atoms with Crippen molar-refractivity contribution in [2.75, 3.05) is 5.32 Å². The number of rotatable bonds is 4. The molecule has 0 heterocycles. The Morgan fingerprint density at radius 2 is 1.89 bits per heavy atom. The van der Waals surface area contributed by atoms with Crippen LogP contribution in [0.15, 0.2) is 42.5 Å². The van der Waals surface area contributed by atoms with Crippen LogP contribution in [0.5, 0.6) is 5.75 Å². The number of phenols is 1. The average molecular weight is 258 g/mol. The number of nitro benzene ring substituents is 1. The van der Waals surface area contributed by atoms with Crippen LogP contribution in [0.25, 0.3) is 0 Å². The third-order valence-electron chi connectivity index (χ3n) is 2.71. The molecule has 5 nitrogen and oxygen atoms in total. The van der Waals surface area contributed by atoms with Crippen molar-refractivity contribution < 1.29 is 10.0 Å². The van der Waals surface area contributed by atoms with Crippen molar-refractivity contribution in [3.05, 3.63) is 63.7 Å². The van der Waals surface area contributed by atoms with E-state index in [1.807, 2.05) is 13.0 Å². The minimum Gasteiger partial charge on any atom is -0.508 e. The quantitative estimate of drug-likeness (QED) is 0.652. The fourth-order valence-corrected chi connectivity index (χ4v) is 1.79. The lowest BCUT2D eigenvalue weighted by Gasteiger charge is -2.07. The summed E-state index contributed by atoms with van der Waals surface area (Å²) in [6.07, 6.45) is 0. The zero-order chi connectivity index (χ0) is 13.8. The molecule has 0 amide bonds. The largest absolute Gasteiger partial charge is 0.508 e. The summed E-state index contributed by atoms with van der Waals surface area (Å²) in [6.45, 7) is 2.36. The molecule has 2 N–H and O–H groups in total. The van der Waals surface area contributed by atoms with Crippen molar-refractivity contribution in [3.63, 3.8) is 0 Å². The van der Waals surface area contributed by atoms with Crippen molar-refractivity contribution >= 4 is 11.4 Å². The Kier molecular flexibility index (Phi) is 3.66. The van der Waals surface area contributed by atoms with E-state index in [9.17, 15) is 15.2 Å². The number of hydrogen-bond donors (Lipinski definition) is 2. The molecule has 0 aromatic heterocycles. The number of aryl methyl sites for hydroxylation is 1. The van der Waals surface area contributed by atoms with Crippen LogP contribution in [0.4, 0.5) is 11.4 Å². The van der Waals surface area contributed by atoms with Gasteiger partial charge < -0.3 is 10.4 Å². The number of aromatic hydroxyl groups is 1. The first-order chi connectivity index (χ1) is 9.04. The van der Waals surface area contributed by atoms with E-state index < -0.39 is 4.92 Å². The summed E-state index contributed by atoms with van der Waals surface area (Å²) in [5.74, 6) is 0.218. The first kappa shape index (κ1) is 12.9. The Morgan fingerprint density at radius 1 is 1.21 bits per heavy atom. The van der Waals surface area contributed by atoms with Crippen molar-refractivity contribution in [1.82, 2.24) is 0 Å². The van der Waals surface area contributed by atoms with Crippen LogP contribution < -0.4 is 5.32 Å². The van der Waals surface area contributed by atoms with E-state index in [4.69, 9.17) is 0 Å². The van der Waals surface area contributed by atoms with E-state index in [0.29, 0.717) is 12.2 Å². The maximum Gasteiger partial charge on any atom is 0.271 e. The predicted molar refractivity (Wildman–Crippen MR) is 73.3 cm³/mol. The number of nitrogens with one attached hydrogen (secondary N) is 1. The number of phenolic OH excluding ortho intramolecular Hbond substituents is 1. The highest BCUT2D eigenvalue weighted by Crippen LogP contribution is 2.21. The molecule has 98 valence electrons. The third kappa shape index (κ3) is 3.45. The van der Waals surface area contributed by atoms with Gasteiger partial charge in [0.1, 0.15) is 5.75 Å². The molecule has 0 saturated carbocycles. The summed E-state index contributed by atoms with van der Waals surface area (Å²) in [5.41, 5.74) is 2.61. The van der Waals surface area contributed by atoms with Gasteiger partial charge in [-0.3, -0.25) is 10.1 Å². The molecule has 0 fully saturated rings. The summed E-state index contributed by atoms with van der Waals surface area (Å²) in [5, 5.41) is 23.1. The van der Waals surface area contributed by atoms with Crippen LogP contribution in [0.3, 0.4) is 0 Å². The van der Waals surface area contributed by atoms with Gasteiger partial charge >= 0.3 is 0 Å². The molecule has 0 radical (unpaired) electrons. The van der Waals surface area contributed by atoms with Crippen molar-refractivity contribution in [2.24, 2.45) is 0 Å². The van der Waals surface area contributed by atoms with E-state index in [-0.39, 0.29) is 11.4 Å². The van der Waals surface area contributed by atoms with Crippen molar-refractivity contribution in [2.45, 2.75) is 13.5 Å². The monoisotopic (exact) mass is 258 g/mol. The molecule has 0 saturated heterocycles. The molecule has 2 aromatic carbocycles. The lowest BCUT2D eigenvalue weighted by Crippen LogP contribution is -2.00. The van der Waals surface area contributed by atoms with E-state index in [0.717, 1.165) is 11.1 Å². The molecule has 0 aliphatic rings. The van der Waals surface area contributed by atoms with Crippen LogP contribution in [0, 0.1) is 17.0 Å². The summed E-state index contributed by atoms with van der Waals surface area (Å²) >= 11 is 0. The molecule has 2 aromatic rings. The summed E-state index contributed by atoms with van der Waals surface area (Å²) in [6, 6.07) is 11.7. The van der Waals surface area contributed by atoms with E-state index in [1.165, 1.54) is 12.1 Å². The molecule has 0 unspecified atom stereocenters. The van der Waals surface area contributed by atoms with Gasteiger partial charge in [0, 0.05) is 24.4 Å². The molecular formula is C14H14N2O3. The van der Waals surface area contributed by atoms with Gasteiger partial charge in [-0.1, -0.05) is 12.1 Å². The minimum absolute atomic E-state index is 0.0770. The van der Waals surface area contributed by atoms with Crippen LogP contribution in [0.1, 0.15) is 11.1 Å².